The summed E-state index contributed by atoms with van der Waals surface area (Å²) < 4.78 is 1.57. The molecule has 4 heteroatoms. The second-order valence-electron chi connectivity index (χ2n) is 5.77. The Morgan fingerprint density at radius 3 is 2.61 bits per heavy atom. The third-order valence-electron chi connectivity index (χ3n) is 4.22. The Labute approximate surface area is 139 Å². The summed E-state index contributed by atoms with van der Waals surface area (Å²) in [5.41, 5.74) is 4.45. The average Bonchev–Trinajstić information content (AvgIpc) is 2.82. The van der Waals surface area contributed by atoms with E-state index in [1.807, 2.05) is 13.8 Å². The van der Waals surface area contributed by atoms with Crippen LogP contribution in [0.1, 0.15) is 21.8 Å². The van der Waals surface area contributed by atoms with E-state index in [0.29, 0.717) is 11.2 Å². The molecule has 0 radical (unpaired) electrons. The minimum Gasteiger partial charge on any atom is -0.284 e. The van der Waals surface area contributed by atoms with Crippen molar-refractivity contribution in [2.45, 2.75) is 34.2 Å². The lowest BCUT2D eigenvalue weighted by molar-refractivity contribution is 0.743. The Bertz CT molecular complexity index is 1020. The topological polar surface area (TPSA) is 34.9 Å². The van der Waals surface area contributed by atoms with Crippen molar-refractivity contribution in [2.75, 3.05) is 0 Å². The zero-order chi connectivity index (χ0) is 16.7. The first-order valence-electron chi connectivity index (χ1n) is 7.45. The van der Waals surface area contributed by atoms with Gasteiger partial charge >= 0.3 is 0 Å². The molecule has 2 heterocycles. The highest BCUT2D eigenvalue weighted by molar-refractivity contribution is 7.19. The van der Waals surface area contributed by atoms with Gasteiger partial charge in [0.2, 0.25) is 0 Å². The van der Waals surface area contributed by atoms with Crippen LogP contribution in [0.3, 0.4) is 0 Å². The molecule has 2 aromatic heterocycles. The maximum atomic E-state index is 12.9. The van der Waals surface area contributed by atoms with E-state index in [4.69, 9.17) is 6.42 Å². The van der Waals surface area contributed by atoms with Crippen molar-refractivity contribution in [3.05, 3.63) is 50.4 Å². The van der Waals surface area contributed by atoms with Crippen LogP contribution in [0.5, 0.6) is 0 Å². The second-order valence-corrected chi connectivity index (χ2v) is 6.97. The number of aryl methyl sites for hydroxylation is 4. The van der Waals surface area contributed by atoms with Crippen molar-refractivity contribution in [2.24, 2.45) is 0 Å². The molecule has 0 aliphatic rings. The molecular formula is C19H18N2OS. The summed E-state index contributed by atoms with van der Waals surface area (Å²) in [5, 5.41) is 0.677. The number of hydrogen-bond donors (Lipinski definition) is 0. The summed E-state index contributed by atoms with van der Waals surface area (Å²) in [6, 6.07) is 6.30. The van der Waals surface area contributed by atoms with Gasteiger partial charge in [-0.3, -0.25) is 9.36 Å². The van der Waals surface area contributed by atoms with Crippen molar-refractivity contribution in [3.8, 4) is 23.5 Å². The normalized spacial score (nSPS) is 10.9. The standard InChI is InChI=1S/C19H18N2OS/c1-6-9-21-14(5)20-18-17(19(21)22)16(13(4)23-18)15-8-7-11(2)12(3)10-15/h1,7-8,10H,9H2,2-5H3. The van der Waals surface area contributed by atoms with Crippen LogP contribution in [-0.4, -0.2) is 9.55 Å². The van der Waals surface area contributed by atoms with E-state index in [9.17, 15) is 4.79 Å². The number of thiophene rings is 1. The van der Waals surface area contributed by atoms with Gasteiger partial charge in [0.1, 0.15) is 10.7 Å². The highest BCUT2D eigenvalue weighted by atomic mass is 32.1. The maximum Gasteiger partial charge on any atom is 0.263 e. The first-order chi connectivity index (χ1) is 10.9. The number of aromatic nitrogens is 2. The summed E-state index contributed by atoms with van der Waals surface area (Å²) in [4.78, 5) is 19.4. The highest BCUT2D eigenvalue weighted by Crippen LogP contribution is 2.36. The van der Waals surface area contributed by atoms with E-state index in [0.717, 1.165) is 20.8 Å². The Morgan fingerprint density at radius 1 is 1.22 bits per heavy atom. The average molecular weight is 322 g/mol. The van der Waals surface area contributed by atoms with Gasteiger partial charge < -0.3 is 0 Å². The Morgan fingerprint density at radius 2 is 1.96 bits per heavy atom. The number of terminal acetylenes is 1. The van der Waals surface area contributed by atoms with Crippen LogP contribution >= 0.6 is 11.3 Å². The molecule has 0 bridgehead atoms. The van der Waals surface area contributed by atoms with Crippen LogP contribution in [-0.2, 0) is 6.54 Å². The monoisotopic (exact) mass is 322 g/mol. The fourth-order valence-electron chi connectivity index (χ4n) is 2.82. The van der Waals surface area contributed by atoms with Gasteiger partial charge in [-0.1, -0.05) is 24.1 Å². The van der Waals surface area contributed by atoms with E-state index in [-0.39, 0.29) is 12.1 Å². The quantitative estimate of drug-likeness (QED) is 0.669. The number of benzene rings is 1. The van der Waals surface area contributed by atoms with Crippen molar-refractivity contribution >= 4 is 21.6 Å². The molecule has 0 unspecified atom stereocenters. The predicted molar refractivity (Wildman–Crippen MR) is 97.1 cm³/mol. The Hall–Kier alpha value is -2.38. The van der Waals surface area contributed by atoms with Crippen LogP contribution < -0.4 is 5.56 Å². The van der Waals surface area contributed by atoms with Gasteiger partial charge in [-0.05, 0) is 44.4 Å². The molecule has 0 fully saturated rings. The Balaban J connectivity index is 2.39. The number of nitrogens with zero attached hydrogens (tertiary/aromatic N) is 2. The summed E-state index contributed by atoms with van der Waals surface area (Å²) in [5.74, 6) is 3.20. The van der Waals surface area contributed by atoms with Crippen molar-refractivity contribution in [1.82, 2.24) is 9.55 Å². The molecule has 1 aromatic carbocycles. The fourth-order valence-corrected chi connectivity index (χ4v) is 3.90. The molecule has 0 spiro atoms. The predicted octanol–water partition coefficient (Wildman–Crippen LogP) is 3.99. The minimum atomic E-state index is -0.0528. The molecule has 3 nitrogen and oxygen atoms in total. The van der Waals surface area contributed by atoms with E-state index < -0.39 is 0 Å². The van der Waals surface area contributed by atoms with Crippen molar-refractivity contribution in [3.63, 3.8) is 0 Å². The van der Waals surface area contributed by atoms with Gasteiger partial charge in [-0.25, -0.2) is 4.98 Å². The van der Waals surface area contributed by atoms with Gasteiger partial charge in [-0.2, -0.15) is 0 Å². The molecule has 0 aliphatic carbocycles. The zero-order valence-corrected chi connectivity index (χ0v) is 14.5. The van der Waals surface area contributed by atoms with Crippen molar-refractivity contribution in [1.29, 1.82) is 0 Å². The number of rotatable bonds is 2. The van der Waals surface area contributed by atoms with Crippen LogP contribution in [0.2, 0.25) is 0 Å². The SMILES string of the molecule is C#CCn1c(C)nc2sc(C)c(-c3ccc(C)c(C)c3)c2c1=O. The third-order valence-corrected chi connectivity index (χ3v) is 5.22. The van der Waals surface area contributed by atoms with Gasteiger partial charge in [0.15, 0.2) is 0 Å². The highest BCUT2D eigenvalue weighted by Gasteiger charge is 2.18. The molecular weight excluding hydrogens is 304 g/mol. The van der Waals surface area contributed by atoms with E-state index in [2.05, 4.69) is 43.0 Å². The molecule has 0 N–H and O–H groups in total. The number of hydrogen-bond acceptors (Lipinski definition) is 3. The molecule has 3 rings (SSSR count). The maximum absolute atomic E-state index is 12.9. The largest absolute Gasteiger partial charge is 0.284 e. The Kier molecular flexibility index (Phi) is 3.83. The molecule has 0 saturated heterocycles. The number of fused-ring (bicyclic) bond motifs is 1. The molecule has 23 heavy (non-hydrogen) atoms. The van der Waals surface area contributed by atoms with E-state index in [1.165, 1.54) is 11.1 Å². The molecule has 0 amide bonds. The zero-order valence-electron chi connectivity index (χ0n) is 13.7. The lowest BCUT2D eigenvalue weighted by Crippen LogP contribution is -2.23. The van der Waals surface area contributed by atoms with Crippen LogP contribution in [0.25, 0.3) is 21.3 Å². The third kappa shape index (κ3) is 2.47. The minimum absolute atomic E-state index is 0.0528. The first kappa shape index (κ1) is 15.5. The summed E-state index contributed by atoms with van der Waals surface area (Å²) in [6.07, 6.45) is 5.40. The van der Waals surface area contributed by atoms with Crippen LogP contribution in [0.4, 0.5) is 0 Å². The molecule has 0 saturated carbocycles. The van der Waals surface area contributed by atoms with Gasteiger partial charge in [0, 0.05) is 10.4 Å². The van der Waals surface area contributed by atoms with Crippen molar-refractivity contribution < 1.29 is 0 Å². The summed E-state index contributed by atoms with van der Waals surface area (Å²) in [6.45, 7) is 8.28. The molecule has 116 valence electrons. The molecule has 0 aliphatic heterocycles. The smallest absolute Gasteiger partial charge is 0.263 e. The van der Waals surface area contributed by atoms with E-state index in [1.54, 1.807) is 15.9 Å². The molecule has 3 aromatic rings. The fraction of sp³-hybridized carbons (Fsp3) is 0.263. The van der Waals surface area contributed by atoms with Gasteiger partial charge in [0.25, 0.3) is 5.56 Å². The van der Waals surface area contributed by atoms with Gasteiger partial charge in [-0.15, -0.1) is 17.8 Å². The van der Waals surface area contributed by atoms with Crippen LogP contribution in [0.15, 0.2) is 23.0 Å². The lowest BCUT2D eigenvalue weighted by Gasteiger charge is -2.08. The van der Waals surface area contributed by atoms with E-state index >= 15 is 0 Å². The first-order valence-corrected chi connectivity index (χ1v) is 8.27. The summed E-state index contributed by atoms with van der Waals surface area (Å²) in [7, 11) is 0. The lowest BCUT2D eigenvalue weighted by atomic mass is 9.99. The van der Waals surface area contributed by atoms with Crippen LogP contribution in [0, 0.1) is 40.0 Å². The summed E-state index contributed by atoms with van der Waals surface area (Å²) >= 11 is 1.56. The second kappa shape index (κ2) is 5.68. The van der Waals surface area contributed by atoms with Gasteiger partial charge in [0.05, 0.1) is 11.9 Å². The molecule has 0 atom stereocenters.